The Morgan fingerprint density at radius 3 is 2.57 bits per heavy atom. The van der Waals surface area contributed by atoms with E-state index in [1.807, 2.05) is 0 Å². The Bertz CT molecular complexity index is 557. The molecule has 2 saturated heterocycles. The molecule has 0 bridgehead atoms. The third-order valence-electron chi connectivity index (χ3n) is 4.77. The molecule has 3 rings (SSSR count). The zero-order valence-corrected chi connectivity index (χ0v) is 11.9. The van der Waals surface area contributed by atoms with Crippen LogP contribution in [0.25, 0.3) is 0 Å². The highest BCUT2D eigenvalue weighted by atomic mass is 16.6. The van der Waals surface area contributed by atoms with E-state index < -0.39 is 4.92 Å². The molecule has 21 heavy (non-hydrogen) atoms. The summed E-state index contributed by atoms with van der Waals surface area (Å²) in [7, 11) is 0. The van der Waals surface area contributed by atoms with Crippen molar-refractivity contribution >= 4 is 11.6 Å². The molecule has 6 nitrogen and oxygen atoms in total. The molecule has 1 aromatic carbocycles. The number of carbonyl (C=O) groups is 1. The second-order valence-electron chi connectivity index (χ2n) is 5.99. The first-order chi connectivity index (χ1) is 10.1. The summed E-state index contributed by atoms with van der Waals surface area (Å²) in [6, 6.07) is 6.19. The molecule has 2 fully saturated rings. The van der Waals surface area contributed by atoms with Crippen LogP contribution in [0, 0.1) is 15.5 Å². The van der Waals surface area contributed by atoms with Crippen LogP contribution in [0.1, 0.15) is 29.6 Å². The van der Waals surface area contributed by atoms with E-state index in [1.165, 1.54) is 12.5 Å². The maximum absolute atomic E-state index is 12.5. The van der Waals surface area contributed by atoms with Gasteiger partial charge in [0.05, 0.1) is 4.92 Å². The molecule has 2 aliphatic rings. The summed E-state index contributed by atoms with van der Waals surface area (Å²) in [6.07, 6.45) is 3.12. The Kier molecular flexibility index (Phi) is 3.63. The highest BCUT2D eigenvalue weighted by Crippen LogP contribution is 2.37. The summed E-state index contributed by atoms with van der Waals surface area (Å²) in [4.78, 5) is 24.8. The van der Waals surface area contributed by atoms with Crippen molar-refractivity contribution in [3.05, 3.63) is 39.9 Å². The Labute approximate surface area is 123 Å². The number of nitrogens with one attached hydrogen (secondary N) is 1. The fourth-order valence-electron chi connectivity index (χ4n) is 3.39. The summed E-state index contributed by atoms with van der Waals surface area (Å²) in [5, 5.41) is 14.4. The number of rotatable bonds is 2. The molecule has 0 aromatic heterocycles. The highest BCUT2D eigenvalue weighted by molar-refractivity contribution is 5.98. The first kappa shape index (κ1) is 14.0. The van der Waals surface area contributed by atoms with Gasteiger partial charge in [-0.3, -0.25) is 14.9 Å². The normalized spacial score (nSPS) is 20.7. The van der Waals surface area contributed by atoms with Crippen molar-refractivity contribution in [1.82, 2.24) is 10.2 Å². The summed E-state index contributed by atoms with van der Waals surface area (Å²) in [5.74, 6) is -0.219. The summed E-state index contributed by atoms with van der Waals surface area (Å²) < 4.78 is 0. The zero-order chi connectivity index (χ0) is 14.9. The molecule has 0 saturated carbocycles. The van der Waals surface area contributed by atoms with Gasteiger partial charge < -0.3 is 10.2 Å². The van der Waals surface area contributed by atoms with E-state index in [2.05, 4.69) is 5.32 Å². The third-order valence-corrected chi connectivity index (χ3v) is 4.77. The lowest BCUT2D eigenvalue weighted by molar-refractivity contribution is -0.385. The summed E-state index contributed by atoms with van der Waals surface area (Å²) in [6.45, 7) is 3.46. The third kappa shape index (κ3) is 2.63. The molecule has 0 radical (unpaired) electrons. The van der Waals surface area contributed by atoms with E-state index in [4.69, 9.17) is 0 Å². The Balaban J connectivity index is 1.74. The molecule has 0 atom stereocenters. The summed E-state index contributed by atoms with van der Waals surface area (Å²) >= 11 is 0. The van der Waals surface area contributed by atoms with Gasteiger partial charge in [-0.05, 0) is 37.3 Å². The van der Waals surface area contributed by atoms with E-state index in [0.717, 1.165) is 25.9 Å². The van der Waals surface area contributed by atoms with Gasteiger partial charge in [-0.2, -0.15) is 0 Å². The van der Waals surface area contributed by atoms with Crippen LogP contribution in [0.4, 0.5) is 5.69 Å². The predicted octanol–water partition coefficient (Wildman–Crippen LogP) is 1.81. The fourth-order valence-corrected chi connectivity index (χ4v) is 3.39. The molecule has 112 valence electrons. The van der Waals surface area contributed by atoms with Crippen LogP contribution in [0.3, 0.4) is 0 Å². The number of benzene rings is 1. The quantitative estimate of drug-likeness (QED) is 0.665. The minimum atomic E-state index is -0.487. The largest absolute Gasteiger partial charge is 0.338 e. The van der Waals surface area contributed by atoms with Crippen LogP contribution in [0.2, 0.25) is 0 Å². The number of carbonyl (C=O) groups excluding carboxylic acids is 1. The number of nitro benzene ring substituents is 1. The first-order valence-electron chi connectivity index (χ1n) is 7.35. The lowest BCUT2D eigenvalue weighted by Crippen LogP contribution is -2.44. The first-order valence-corrected chi connectivity index (χ1v) is 7.35. The second kappa shape index (κ2) is 5.44. The van der Waals surface area contributed by atoms with Crippen LogP contribution in [0.15, 0.2) is 24.3 Å². The minimum absolute atomic E-state index is 0.106. The Morgan fingerprint density at radius 1 is 1.24 bits per heavy atom. The van der Waals surface area contributed by atoms with Crippen LogP contribution in [-0.2, 0) is 0 Å². The number of para-hydroxylation sites is 1. The SMILES string of the molecule is O=C(c1ccccc1[N+](=O)[O-])N1CCC2(CCNC2)CC1. The number of likely N-dealkylation sites (tertiary alicyclic amines) is 1. The maximum Gasteiger partial charge on any atom is 0.282 e. The van der Waals surface area contributed by atoms with Crippen LogP contribution < -0.4 is 5.32 Å². The maximum atomic E-state index is 12.5. The number of hydrogen-bond acceptors (Lipinski definition) is 4. The number of piperidine rings is 1. The minimum Gasteiger partial charge on any atom is -0.338 e. The zero-order valence-electron chi connectivity index (χ0n) is 11.9. The van der Waals surface area contributed by atoms with Gasteiger partial charge in [-0.1, -0.05) is 12.1 Å². The van der Waals surface area contributed by atoms with Gasteiger partial charge in [0.2, 0.25) is 0 Å². The van der Waals surface area contributed by atoms with Crippen molar-refractivity contribution in [1.29, 1.82) is 0 Å². The molecule has 0 unspecified atom stereocenters. The van der Waals surface area contributed by atoms with Gasteiger partial charge in [0.25, 0.3) is 11.6 Å². The van der Waals surface area contributed by atoms with Crippen molar-refractivity contribution in [2.75, 3.05) is 26.2 Å². The number of nitrogens with zero attached hydrogens (tertiary/aromatic N) is 2. The van der Waals surface area contributed by atoms with Crippen molar-refractivity contribution in [2.24, 2.45) is 5.41 Å². The van der Waals surface area contributed by atoms with Crippen molar-refractivity contribution in [3.8, 4) is 0 Å². The Morgan fingerprint density at radius 2 is 1.95 bits per heavy atom. The number of amides is 1. The lowest BCUT2D eigenvalue weighted by Gasteiger charge is -2.38. The standard InChI is InChI=1S/C15H19N3O3/c19-14(12-3-1-2-4-13(12)18(20)21)17-9-6-15(7-10-17)5-8-16-11-15/h1-4,16H,5-11H2. The predicted molar refractivity (Wildman–Crippen MR) is 78.2 cm³/mol. The number of nitro groups is 1. The van der Waals surface area contributed by atoms with E-state index in [9.17, 15) is 14.9 Å². The van der Waals surface area contributed by atoms with Gasteiger partial charge in [-0.15, -0.1) is 0 Å². The average Bonchev–Trinajstić information content (AvgIpc) is 2.95. The van der Waals surface area contributed by atoms with Crippen molar-refractivity contribution in [2.45, 2.75) is 19.3 Å². The monoisotopic (exact) mass is 289 g/mol. The Hall–Kier alpha value is -1.95. The van der Waals surface area contributed by atoms with E-state index in [1.54, 1.807) is 23.1 Å². The van der Waals surface area contributed by atoms with Crippen LogP contribution >= 0.6 is 0 Å². The second-order valence-corrected chi connectivity index (χ2v) is 5.99. The van der Waals surface area contributed by atoms with Crippen LogP contribution in [0.5, 0.6) is 0 Å². The smallest absolute Gasteiger partial charge is 0.282 e. The molecule has 1 aromatic rings. The van der Waals surface area contributed by atoms with Gasteiger partial charge >= 0.3 is 0 Å². The molecule has 1 N–H and O–H groups in total. The molecule has 6 heteroatoms. The molecule has 1 amide bonds. The van der Waals surface area contributed by atoms with Gasteiger partial charge in [-0.25, -0.2) is 0 Å². The van der Waals surface area contributed by atoms with Crippen molar-refractivity contribution in [3.63, 3.8) is 0 Å². The van der Waals surface area contributed by atoms with Crippen LogP contribution in [-0.4, -0.2) is 41.9 Å². The molecule has 0 aliphatic carbocycles. The van der Waals surface area contributed by atoms with Gasteiger partial charge in [0.15, 0.2) is 0 Å². The lowest BCUT2D eigenvalue weighted by atomic mass is 9.78. The van der Waals surface area contributed by atoms with Gasteiger partial charge in [0.1, 0.15) is 5.56 Å². The summed E-state index contributed by atoms with van der Waals surface area (Å²) in [5.41, 5.74) is 0.424. The fraction of sp³-hybridized carbons (Fsp3) is 0.533. The molecule has 1 spiro atoms. The highest BCUT2D eigenvalue weighted by Gasteiger charge is 2.38. The molecule has 2 heterocycles. The average molecular weight is 289 g/mol. The van der Waals surface area contributed by atoms with E-state index in [0.29, 0.717) is 18.5 Å². The number of hydrogen-bond donors (Lipinski definition) is 1. The van der Waals surface area contributed by atoms with Crippen molar-refractivity contribution < 1.29 is 9.72 Å². The van der Waals surface area contributed by atoms with E-state index in [-0.39, 0.29) is 17.2 Å². The molecule has 2 aliphatic heterocycles. The van der Waals surface area contributed by atoms with E-state index >= 15 is 0 Å². The van der Waals surface area contributed by atoms with Gasteiger partial charge in [0, 0.05) is 25.7 Å². The molecular weight excluding hydrogens is 270 g/mol. The topological polar surface area (TPSA) is 75.5 Å². The molecular formula is C15H19N3O3.